The van der Waals surface area contributed by atoms with E-state index in [0.29, 0.717) is 22.4 Å². The van der Waals surface area contributed by atoms with Gasteiger partial charge >= 0.3 is 0 Å². The van der Waals surface area contributed by atoms with Crippen LogP contribution in [0.25, 0.3) is 0 Å². The number of anilines is 1. The smallest absolute Gasteiger partial charge is 0.294 e. The molecule has 1 fully saturated rings. The van der Waals surface area contributed by atoms with E-state index in [-0.39, 0.29) is 22.7 Å². The molecule has 0 aromatic heterocycles. The Hall–Kier alpha value is -0.790. The van der Waals surface area contributed by atoms with Crippen molar-refractivity contribution in [3.63, 3.8) is 0 Å². The third kappa shape index (κ3) is 2.91. The van der Waals surface area contributed by atoms with Crippen LogP contribution in [0.4, 0.5) is 11.4 Å². The summed E-state index contributed by atoms with van der Waals surface area (Å²) in [4.78, 5) is 12.0. The summed E-state index contributed by atoms with van der Waals surface area (Å²) in [5.41, 5.74) is 0.379. The average Bonchev–Trinajstić information content (AvgIpc) is 2.64. The van der Waals surface area contributed by atoms with Gasteiger partial charge in [-0.3, -0.25) is 15.5 Å². The monoisotopic (exact) mass is 337 g/mol. The van der Waals surface area contributed by atoms with Crippen molar-refractivity contribution in [1.29, 1.82) is 5.41 Å². The zero-order valence-electron chi connectivity index (χ0n) is 8.55. The molecule has 92 valence electrons. The van der Waals surface area contributed by atoms with E-state index in [1.54, 1.807) is 17.0 Å². The molecule has 1 aliphatic heterocycles. The first kappa shape index (κ1) is 14.3. The third-order valence-corrected chi connectivity index (χ3v) is 3.34. The summed E-state index contributed by atoms with van der Waals surface area (Å²) >= 11 is 7.10. The Kier molecular flexibility index (Phi) is 4.79. The molecule has 1 aromatic rings. The second kappa shape index (κ2) is 5.70. The normalized spacial score (nSPS) is 14.6. The van der Waals surface area contributed by atoms with Crippen molar-refractivity contribution in [3.05, 3.63) is 33.3 Å². The summed E-state index contributed by atoms with van der Waals surface area (Å²) in [6.45, 7) is 0.617. The Morgan fingerprint density at radius 1 is 1.53 bits per heavy atom. The van der Waals surface area contributed by atoms with Gasteiger partial charge in [-0.15, -0.1) is 17.0 Å². The van der Waals surface area contributed by atoms with Gasteiger partial charge in [-0.05, 0) is 12.1 Å². The summed E-state index contributed by atoms with van der Waals surface area (Å²) in [6, 6.07) is 4.49. The largest absolute Gasteiger partial charge is 0.315 e. The fourth-order valence-electron chi connectivity index (χ4n) is 1.51. The van der Waals surface area contributed by atoms with Gasteiger partial charge in [0.25, 0.3) is 5.69 Å². The SMILES string of the molecule is Br.N=C1SCCN1c1ccc(Cl)cc1[N+](=O)[O-]. The molecule has 0 aliphatic carbocycles. The molecule has 1 N–H and O–H groups in total. The molecule has 1 aliphatic rings. The van der Waals surface area contributed by atoms with Gasteiger partial charge in [-0.2, -0.15) is 0 Å². The summed E-state index contributed by atoms with van der Waals surface area (Å²) in [5, 5.41) is 19.2. The van der Waals surface area contributed by atoms with E-state index < -0.39 is 4.92 Å². The van der Waals surface area contributed by atoms with Crippen LogP contribution in [0, 0.1) is 15.5 Å². The van der Waals surface area contributed by atoms with E-state index in [4.69, 9.17) is 17.0 Å². The molecule has 0 radical (unpaired) electrons. The summed E-state index contributed by atoms with van der Waals surface area (Å²) in [6.07, 6.45) is 0. The lowest BCUT2D eigenvalue weighted by Crippen LogP contribution is -2.23. The van der Waals surface area contributed by atoms with Gasteiger partial charge in [0.05, 0.1) is 4.92 Å². The first-order valence-corrected chi connectivity index (χ1v) is 5.89. The Bertz CT molecular complexity index is 472. The van der Waals surface area contributed by atoms with Crippen LogP contribution in [0.15, 0.2) is 18.2 Å². The fourth-order valence-corrected chi connectivity index (χ4v) is 2.49. The second-order valence-electron chi connectivity index (χ2n) is 3.20. The van der Waals surface area contributed by atoms with Gasteiger partial charge in [-0.1, -0.05) is 23.4 Å². The number of hydrogen-bond acceptors (Lipinski definition) is 4. The van der Waals surface area contributed by atoms with Crippen LogP contribution in [0.1, 0.15) is 0 Å². The molecule has 8 heteroatoms. The Morgan fingerprint density at radius 3 is 2.76 bits per heavy atom. The van der Waals surface area contributed by atoms with Crippen molar-refractivity contribution in [1.82, 2.24) is 0 Å². The number of thioether (sulfide) groups is 1. The van der Waals surface area contributed by atoms with Crippen LogP contribution in [0.3, 0.4) is 0 Å². The molecule has 0 bridgehead atoms. The lowest BCUT2D eigenvalue weighted by Gasteiger charge is -2.16. The van der Waals surface area contributed by atoms with Gasteiger partial charge in [0.2, 0.25) is 0 Å². The standard InChI is InChI=1S/C9H8ClN3O2S.BrH/c10-6-1-2-7(8(5-6)13(14)15)12-3-4-16-9(12)11;/h1-2,5,11H,3-4H2;1H. The number of nitrogens with zero attached hydrogens (tertiary/aromatic N) is 2. The number of halogens is 2. The van der Waals surface area contributed by atoms with Gasteiger partial charge in [0.15, 0.2) is 5.17 Å². The summed E-state index contributed by atoms with van der Waals surface area (Å²) in [5.74, 6) is 0.776. The highest BCUT2D eigenvalue weighted by molar-refractivity contribution is 8.93. The predicted molar refractivity (Wildman–Crippen MR) is 76.0 cm³/mol. The van der Waals surface area contributed by atoms with E-state index in [1.165, 1.54) is 17.8 Å². The maximum Gasteiger partial charge on any atom is 0.294 e. The van der Waals surface area contributed by atoms with Crippen molar-refractivity contribution in [2.24, 2.45) is 0 Å². The molecule has 1 heterocycles. The second-order valence-corrected chi connectivity index (χ2v) is 4.72. The van der Waals surface area contributed by atoms with Crippen molar-refractivity contribution >= 4 is 56.9 Å². The molecule has 17 heavy (non-hydrogen) atoms. The molecule has 1 saturated heterocycles. The van der Waals surface area contributed by atoms with E-state index in [1.807, 2.05) is 0 Å². The molecule has 0 atom stereocenters. The van der Waals surface area contributed by atoms with Crippen LogP contribution in [0.5, 0.6) is 0 Å². The van der Waals surface area contributed by atoms with Gasteiger partial charge in [0, 0.05) is 23.4 Å². The highest BCUT2D eigenvalue weighted by Crippen LogP contribution is 2.34. The first-order chi connectivity index (χ1) is 7.59. The van der Waals surface area contributed by atoms with E-state index >= 15 is 0 Å². The highest BCUT2D eigenvalue weighted by Gasteiger charge is 2.26. The molecule has 2 rings (SSSR count). The molecule has 0 amide bonds. The van der Waals surface area contributed by atoms with E-state index in [9.17, 15) is 10.1 Å². The number of nitrogens with one attached hydrogen (secondary N) is 1. The van der Waals surface area contributed by atoms with Crippen LogP contribution in [-0.4, -0.2) is 22.4 Å². The lowest BCUT2D eigenvalue weighted by atomic mass is 10.2. The highest BCUT2D eigenvalue weighted by atomic mass is 79.9. The molecule has 0 saturated carbocycles. The minimum Gasteiger partial charge on any atom is -0.315 e. The Labute approximate surface area is 118 Å². The van der Waals surface area contributed by atoms with Gasteiger partial charge < -0.3 is 4.90 Å². The number of hydrogen-bond donors (Lipinski definition) is 1. The minimum atomic E-state index is -0.475. The van der Waals surface area contributed by atoms with Crippen LogP contribution in [-0.2, 0) is 0 Å². The van der Waals surface area contributed by atoms with Crippen molar-refractivity contribution in [3.8, 4) is 0 Å². The van der Waals surface area contributed by atoms with Crippen LogP contribution >= 0.6 is 40.3 Å². The van der Waals surface area contributed by atoms with Crippen molar-refractivity contribution in [2.75, 3.05) is 17.2 Å². The number of nitro benzene ring substituents is 1. The maximum absolute atomic E-state index is 10.9. The topological polar surface area (TPSA) is 70.2 Å². The van der Waals surface area contributed by atoms with Gasteiger partial charge in [0.1, 0.15) is 5.69 Å². The zero-order chi connectivity index (χ0) is 11.7. The molecule has 0 spiro atoms. The Balaban J connectivity index is 0.00000144. The zero-order valence-corrected chi connectivity index (χ0v) is 11.8. The van der Waals surface area contributed by atoms with Crippen molar-refractivity contribution < 1.29 is 4.92 Å². The van der Waals surface area contributed by atoms with Crippen LogP contribution in [0.2, 0.25) is 5.02 Å². The van der Waals surface area contributed by atoms with Crippen LogP contribution < -0.4 is 4.90 Å². The minimum absolute atomic E-state index is 0. The molecule has 0 unspecified atom stereocenters. The molecule has 5 nitrogen and oxygen atoms in total. The quantitative estimate of drug-likeness (QED) is 0.663. The number of benzene rings is 1. The number of amidine groups is 1. The molecule has 1 aromatic carbocycles. The van der Waals surface area contributed by atoms with Crippen molar-refractivity contribution in [2.45, 2.75) is 0 Å². The lowest BCUT2D eigenvalue weighted by molar-refractivity contribution is -0.384. The van der Waals surface area contributed by atoms with E-state index in [0.717, 1.165) is 5.75 Å². The summed E-state index contributed by atoms with van der Waals surface area (Å²) in [7, 11) is 0. The summed E-state index contributed by atoms with van der Waals surface area (Å²) < 4.78 is 0. The maximum atomic E-state index is 10.9. The first-order valence-electron chi connectivity index (χ1n) is 4.52. The average molecular weight is 339 g/mol. The molecular weight excluding hydrogens is 330 g/mol. The predicted octanol–water partition coefficient (Wildman–Crippen LogP) is 3.31. The number of rotatable bonds is 2. The fraction of sp³-hybridized carbons (Fsp3) is 0.222. The Morgan fingerprint density at radius 2 is 2.24 bits per heavy atom. The third-order valence-electron chi connectivity index (χ3n) is 2.22. The number of nitro groups is 1. The molecular formula is C9H9BrClN3O2S. The van der Waals surface area contributed by atoms with Gasteiger partial charge in [-0.25, -0.2) is 0 Å². The van der Waals surface area contributed by atoms with E-state index in [2.05, 4.69) is 0 Å².